The van der Waals surface area contributed by atoms with E-state index in [1.807, 2.05) is 0 Å². The summed E-state index contributed by atoms with van der Waals surface area (Å²) in [5, 5.41) is 12.3. The van der Waals surface area contributed by atoms with Gasteiger partial charge in [-0.15, -0.1) is 0 Å². The highest BCUT2D eigenvalue weighted by Gasteiger charge is 2.00. The molecule has 0 saturated carbocycles. The first kappa shape index (κ1) is 8.99. The Balaban J connectivity index is 2.89. The molecule has 0 bridgehead atoms. The van der Waals surface area contributed by atoms with Gasteiger partial charge in [0.1, 0.15) is 0 Å². The molecule has 5 heteroatoms. The van der Waals surface area contributed by atoms with Crippen LogP contribution in [0.5, 0.6) is 0 Å². The molecule has 0 fully saturated rings. The van der Waals surface area contributed by atoms with Crippen LogP contribution in [0.15, 0.2) is 16.7 Å². The first-order valence-electron chi connectivity index (χ1n) is 3.20. The van der Waals surface area contributed by atoms with Crippen molar-refractivity contribution in [1.29, 1.82) is 0 Å². The van der Waals surface area contributed by atoms with Crippen LogP contribution < -0.4 is 0 Å². The Morgan fingerprint density at radius 2 is 2.50 bits per heavy atom. The van der Waals surface area contributed by atoms with Gasteiger partial charge in [-0.1, -0.05) is 0 Å². The van der Waals surface area contributed by atoms with Gasteiger partial charge in [-0.2, -0.15) is 5.10 Å². The molecule has 1 aromatic heterocycles. The van der Waals surface area contributed by atoms with Crippen molar-refractivity contribution in [2.45, 2.75) is 0 Å². The minimum Gasteiger partial charge on any atom is -0.478 e. The van der Waals surface area contributed by atoms with Gasteiger partial charge >= 0.3 is 5.97 Å². The van der Waals surface area contributed by atoms with Crippen LogP contribution in [-0.2, 0) is 11.8 Å². The standard InChI is InChI=1S/C7H7BrN2O2/c1-10-4-5(8)6(9-10)2-3-7(11)12/h2-4H,1H3,(H,11,12). The van der Waals surface area contributed by atoms with E-state index in [4.69, 9.17) is 5.11 Å². The van der Waals surface area contributed by atoms with Crippen LogP contribution in [0.1, 0.15) is 5.69 Å². The molecule has 1 heterocycles. The monoisotopic (exact) mass is 230 g/mol. The molecule has 0 unspecified atom stereocenters. The molecule has 64 valence electrons. The zero-order valence-corrected chi connectivity index (χ0v) is 7.95. The van der Waals surface area contributed by atoms with E-state index in [0.29, 0.717) is 5.69 Å². The van der Waals surface area contributed by atoms with Gasteiger partial charge in [-0.3, -0.25) is 4.68 Å². The maximum atomic E-state index is 10.2. The number of carboxylic acids is 1. The summed E-state index contributed by atoms with van der Waals surface area (Å²) in [5.74, 6) is -0.979. The van der Waals surface area contributed by atoms with Gasteiger partial charge in [0.25, 0.3) is 0 Å². The Kier molecular flexibility index (Phi) is 2.65. The fourth-order valence-corrected chi connectivity index (χ4v) is 1.25. The molecule has 1 N–H and O–H groups in total. The van der Waals surface area contributed by atoms with Gasteiger partial charge in [-0.05, 0) is 22.0 Å². The van der Waals surface area contributed by atoms with Gasteiger partial charge in [0, 0.05) is 19.3 Å². The fourth-order valence-electron chi connectivity index (χ4n) is 0.740. The van der Waals surface area contributed by atoms with Crippen LogP contribution in [0.25, 0.3) is 6.08 Å². The molecule has 0 saturated heterocycles. The predicted octanol–water partition coefficient (Wildman–Crippen LogP) is 1.28. The van der Waals surface area contributed by atoms with Crippen molar-refractivity contribution in [3.63, 3.8) is 0 Å². The minimum absolute atomic E-state index is 0.611. The second-order valence-corrected chi connectivity index (χ2v) is 3.06. The van der Waals surface area contributed by atoms with E-state index in [1.54, 1.807) is 17.9 Å². The fraction of sp³-hybridized carbons (Fsp3) is 0.143. The lowest BCUT2D eigenvalue weighted by Gasteiger charge is -1.83. The van der Waals surface area contributed by atoms with E-state index in [2.05, 4.69) is 21.0 Å². The van der Waals surface area contributed by atoms with E-state index < -0.39 is 5.97 Å². The maximum Gasteiger partial charge on any atom is 0.328 e. The van der Waals surface area contributed by atoms with Gasteiger partial charge in [0.05, 0.1) is 10.2 Å². The summed E-state index contributed by atoms with van der Waals surface area (Å²) < 4.78 is 2.38. The van der Waals surface area contributed by atoms with Crippen LogP contribution in [-0.4, -0.2) is 20.9 Å². The number of nitrogens with zero attached hydrogens (tertiary/aromatic N) is 2. The molecule has 4 nitrogen and oxygen atoms in total. The van der Waals surface area contributed by atoms with Crippen LogP contribution in [0, 0.1) is 0 Å². The second-order valence-electron chi connectivity index (χ2n) is 2.21. The minimum atomic E-state index is -0.979. The van der Waals surface area contributed by atoms with Gasteiger partial charge in [0.2, 0.25) is 0 Å². The summed E-state index contributed by atoms with van der Waals surface area (Å²) in [6.07, 6.45) is 4.24. The van der Waals surface area contributed by atoms with Crippen molar-refractivity contribution in [3.8, 4) is 0 Å². The number of halogens is 1. The number of aliphatic carboxylic acids is 1. The predicted molar refractivity (Wildman–Crippen MR) is 47.6 cm³/mol. The Labute approximate surface area is 77.6 Å². The second kappa shape index (κ2) is 3.53. The topological polar surface area (TPSA) is 55.1 Å². The molecule has 12 heavy (non-hydrogen) atoms. The van der Waals surface area contributed by atoms with Crippen molar-refractivity contribution in [2.24, 2.45) is 7.05 Å². The lowest BCUT2D eigenvalue weighted by molar-refractivity contribution is -0.131. The SMILES string of the molecule is Cn1cc(Br)c(C=CC(=O)O)n1. The Morgan fingerprint density at radius 1 is 1.83 bits per heavy atom. The van der Waals surface area contributed by atoms with Crippen LogP contribution >= 0.6 is 15.9 Å². The zero-order chi connectivity index (χ0) is 9.14. The summed E-state index contributed by atoms with van der Waals surface area (Å²) in [7, 11) is 1.77. The number of carbonyl (C=O) groups is 1. The molecule has 0 spiro atoms. The third-order valence-electron chi connectivity index (χ3n) is 1.19. The quantitative estimate of drug-likeness (QED) is 0.780. The van der Waals surface area contributed by atoms with E-state index in [9.17, 15) is 4.79 Å². The van der Waals surface area contributed by atoms with Gasteiger partial charge in [0.15, 0.2) is 0 Å². The molecule has 0 aliphatic rings. The molecular weight excluding hydrogens is 224 g/mol. The molecule has 1 aromatic rings. The van der Waals surface area contributed by atoms with E-state index in [1.165, 1.54) is 6.08 Å². The third-order valence-corrected chi connectivity index (χ3v) is 1.81. The van der Waals surface area contributed by atoms with Crippen molar-refractivity contribution >= 4 is 28.0 Å². The summed E-state index contributed by atoms with van der Waals surface area (Å²) in [6.45, 7) is 0. The van der Waals surface area contributed by atoms with Crippen LogP contribution in [0.2, 0.25) is 0 Å². The summed E-state index contributed by atoms with van der Waals surface area (Å²) in [6, 6.07) is 0. The zero-order valence-electron chi connectivity index (χ0n) is 6.36. The van der Waals surface area contributed by atoms with Gasteiger partial charge in [-0.25, -0.2) is 4.79 Å². The normalized spacial score (nSPS) is 10.8. The Bertz CT molecular complexity index is 330. The summed E-state index contributed by atoms with van der Waals surface area (Å²) >= 11 is 3.24. The lowest BCUT2D eigenvalue weighted by atomic mass is 10.4. The number of hydrogen-bond donors (Lipinski definition) is 1. The molecule has 0 amide bonds. The van der Waals surface area contributed by atoms with Crippen molar-refractivity contribution in [2.75, 3.05) is 0 Å². The average Bonchev–Trinajstić information content (AvgIpc) is 2.26. The molecule has 0 aliphatic carbocycles. The van der Waals surface area contributed by atoms with E-state index >= 15 is 0 Å². The molecule has 1 rings (SSSR count). The largest absolute Gasteiger partial charge is 0.478 e. The lowest BCUT2D eigenvalue weighted by Crippen LogP contribution is -1.88. The smallest absolute Gasteiger partial charge is 0.328 e. The molecular formula is C7H7BrN2O2. The Hall–Kier alpha value is -1.10. The first-order valence-corrected chi connectivity index (χ1v) is 3.99. The molecule has 0 aliphatic heterocycles. The summed E-state index contributed by atoms with van der Waals surface area (Å²) in [4.78, 5) is 10.2. The number of aromatic nitrogens is 2. The van der Waals surface area contributed by atoms with E-state index in [-0.39, 0.29) is 0 Å². The third kappa shape index (κ3) is 2.20. The number of carboxylic acid groups (broad SMARTS) is 1. The number of hydrogen-bond acceptors (Lipinski definition) is 2. The first-order chi connectivity index (χ1) is 5.59. The van der Waals surface area contributed by atoms with Gasteiger partial charge < -0.3 is 5.11 Å². The highest BCUT2D eigenvalue weighted by atomic mass is 79.9. The van der Waals surface area contributed by atoms with Crippen molar-refractivity contribution in [1.82, 2.24) is 9.78 Å². The Morgan fingerprint density at radius 3 is 2.92 bits per heavy atom. The highest BCUT2D eigenvalue weighted by Crippen LogP contribution is 2.15. The molecule has 0 radical (unpaired) electrons. The average molecular weight is 231 g/mol. The number of rotatable bonds is 2. The number of aryl methyl sites for hydroxylation is 1. The molecule has 0 atom stereocenters. The summed E-state index contributed by atoms with van der Waals surface area (Å²) in [5.41, 5.74) is 0.611. The van der Waals surface area contributed by atoms with Crippen molar-refractivity contribution < 1.29 is 9.90 Å². The van der Waals surface area contributed by atoms with Crippen LogP contribution in [0.3, 0.4) is 0 Å². The highest BCUT2D eigenvalue weighted by molar-refractivity contribution is 9.10. The molecule has 0 aromatic carbocycles. The van der Waals surface area contributed by atoms with Crippen LogP contribution in [0.4, 0.5) is 0 Å². The maximum absolute atomic E-state index is 10.2. The van der Waals surface area contributed by atoms with E-state index in [0.717, 1.165) is 10.5 Å². The van der Waals surface area contributed by atoms with Crippen molar-refractivity contribution in [3.05, 3.63) is 22.4 Å².